The van der Waals surface area contributed by atoms with Crippen LogP contribution in [0.4, 0.5) is 0 Å². The van der Waals surface area contributed by atoms with E-state index in [1.807, 2.05) is 89.5 Å². The number of nitrogens with zero attached hydrogens (tertiary/aromatic N) is 3. The molecule has 1 N–H and O–H groups in total. The van der Waals surface area contributed by atoms with Crippen molar-refractivity contribution >= 4 is 35.1 Å². The number of aromatic nitrogens is 3. The number of aryl methyl sites for hydroxylation is 1. The highest BCUT2D eigenvalue weighted by Crippen LogP contribution is 2.25. The second-order valence-corrected chi connectivity index (χ2v) is 9.64. The summed E-state index contributed by atoms with van der Waals surface area (Å²) < 4.78 is 1.95. The molecule has 0 aliphatic heterocycles. The molecular formula is C28H27ClN4O2S. The van der Waals surface area contributed by atoms with Gasteiger partial charge in [-0.2, -0.15) is 0 Å². The molecule has 0 saturated heterocycles. The number of carbonyl (C=O) groups is 2. The predicted octanol–water partition coefficient (Wildman–Crippen LogP) is 5.92. The Hall–Kier alpha value is -3.42. The summed E-state index contributed by atoms with van der Waals surface area (Å²) in [7, 11) is 0. The third-order valence-electron chi connectivity index (χ3n) is 5.58. The molecule has 0 bridgehead atoms. The highest BCUT2D eigenvalue weighted by Gasteiger charge is 2.17. The number of carbonyl (C=O) groups excluding carboxylic acids is 2. The Kier molecular flexibility index (Phi) is 9.30. The first-order chi connectivity index (χ1) is 17.6. The van der Waals surface area contributed by atoms with Crippen LogP contribution in [0.15, 0.2) is 90.1 Å². The van der Waals surface area contributed by atoms with Gasteiger partial charge in [-0.15, -0.1) is 10.2 Å². The maximum absolute atomic E-state index is 12.6. The molecule has 1 heterocycles. The number of benzene rings is 3. The number of halogens is 1. The number of Topliss-reactive ketones (excluding diaryl/α,β-unsaturated/α-hetero) is 1. The smallest absolute Gasteiger partial charge is 0.220 e. The molecule has 0 spiro atoms. The lowest BCUT2D eigenvalue weighted by Crippen LogP contribution is -2.22. The summed E-state index contributed by atoms with van der Waals surface area (Å²) in [6, 6.07) is 26.6. The molecule has 36 heavy (non-hydrogen) atoms. The van der Waals surface area contributed by atoms with E-state index >= 15 is 0 Å². The van der Waals surface area contributed by atoms with Crippen molar-refractivity contribution in [3.63, 3.8) is 0 Å². The number of hydrogen-bond acceptors (Lipinski definition) is 5. The van der Waals surface area contributed by atoms with Gasteiger partial charge in [0.25, 0.3) is 0 Å². The number of ketones is 1. The Balaban J connectivity index is 1.36. The number of unbranched alkanes of at least 4 members (excludes halogenated alkanes) is 1. The minimum absolute atomic E-state index is 0.0318. The maximum atomic E-state index is 12.6. The van der Waals surface area contributed by atoms with Gasteiger partial charge < -0.3 is 5.32 Å². The fourth-order valence-corrected chi connectivity index (χ4v) is 4.77. The maximum Gasteiger partial charge on any atom is 0.220 e. The van der Waals surface area contributed by atoms with Crippen LogP contribution in [0.3, 0.4) is 0 Å². The van der Waals surface area contributed by atoms with Crippen molar-refractivity contribution in [2.24, 2.45) is 0 Å². The van der Waals surface area contributed by atoms with E-state index in [0.717, 1.165) is 29.9 Å². The third-order valence-corrected chi connectivity index (χ3v) is 6.75. The van der Waals surface area contributed by atoms with Crippen LogP contribution in [0, 0.1) is 0 Å². The molecule has 6 nitrogen and oxygen atoms in total. The van der Waals surface area contributed by atoms with Gasteiger partial charge in [-0.05, 0) is 36.6 Å². The van der Waals surface area contributed by atoms with Crippen LogP contribution in [0.2, 0.25) is 5.02 Å². The third kappa shape index (κ3) is 7.29. The van der Waals surface area contributed by atoms with Gasteiger partial charge >= 0.3 is 0 Å². The molecule has 3 aromatic carbocycles. The zero-order chi connectivity index (χ0) is 25.2. The van der Waals surface area contributed by atoms with Crippen molar-refractivity contribution in [2.45, 2.75) is 37.4 Å². The lowest BCUT2D eigenvalue weighted by molar-refractivity contribution is -0.121. The van der Waals surface area contributed by atoms with Crippen molar-refractivity contribution in [3.05, 3.63) is 107 Å². The first kappa shape index (κ1) is 25.7. The molecule has 1 amide bonds. The number of thioether (sulfide) groups is 1. The number of hydrogen-bond donors (Lipinski definition) is 1. The summed E-state index contributed by atoms with van der Waals surface area (Å²) in [5, 5.41) is 13.0. The Morgan fingerprint density at radius 3 is 2.39 bits per heavy atom. The minimum Gasteiger partial charge on any atom is -0.352 e. The number of nitrogens with one attached hydrogen (secondary N) is 1. The minimum atomic E-state index is 0.0318. The fourth-order valence-electron chi connectivity index (χ4n) is 3.72. The molecule has 0 aliphatic carbocycles. The summed E-state index contributed by atoms with van der Waals surface area (Å²) in [6.45, 7) is 0.533. The first-order valence-corrected chi connectivity index (χ1v) is 13.2. The molecule has 0 atom stereocenters. The lowest BCUT2D eigenvalue weighted by Gasteiger charge is -2.11. The van der Waals surface area contributed by atoms with E-state index in [2.05, 4.69) is 15.5 Å². The average Bonchev–Trinajstić information content (AvgIpc) is 3.32. The van der Waals surface area contributed by atoms with Gasteiger partial charge in [0.05, 0.1) is 11.4 Å². The number of rotatable bonds is 12. The van der Waals surface area contributed by atoms with E-state index in [-0.39, 0.29) is 17.4 Å². The first-order valence-electron chi connectivity index (χ1n) is 11.8. The van der Waals surface area contributed by atoms with Crippen molar-refractivity contribution < 1.29 is 9.59 Å². The van der Waals surface area contributed by atoms with E-state index in [4.69, 9.17) is 11.6 Å². The van der Waals surface area contributed by atoms with Crippen LogP contribution in [0.1, 0.15) is 41.0 Å². The summed E-state index contributed by atoms with van der Waals surface area (Å²) in [5.74, 6) is 1.09. The topological polar surface area (TPSA) is 76.9 Å². The monoisotopic (exact) mass is 518 g/mol. The van der Waals surface area contributed by atoms with Crippen molar-refractivity contribution in [1.82, 2.24) is 20.1 Å². The molecule has 4 aromatic rings. The van der Waals surface area contributed by atoms with Crippen molar-refractivity contribution in [2.75, 3.05) is 5.75 Å². The molecule has 0 aliphatic rings. The molecule has 184 valence electrons. The normalized spacial score (nSPS) is 10.8. The van der Waals surface area contributed by atoms with Crippen LogP contribution >= 0.6 is 23.4 Å². The van der Waals surface area contributed by atoms with Gasteiger partial charge in [0, 0.05) is 30.0 Å². The number of amides is 1. The van der Waals surface area contributed by atoms with Gasteiger partial charge in [0.1, 0.15) is 5.82 Å². The Bertz CT molecular complexity index is 1300. The second kappa shape index (κ2) is 13.0. The SMILES string of the molecule is O=C(CCCCc1nnc(SCC(=O)c2ccccc2)n1-c1cccc(Cl)c1)NCc1ccccc1. The zero-order valence-corrected chi connectivity index (χ0v) is 21.3. The van der Waals surface area contributed by atoms with E-state index in [1.165, 1.54) is 11.8 Å². The molecule has 0 radical (unpaired) electrons. The largest absolute Gasteiger partial charge is 0.352 e. The van der Waals surface area contributed by atoms with Crippen LogP contribution in [0.5, 0.6) is 0 Å². The fraction of sp³-hybridized carbons (Fsp3) is 0.214. The molecular weight excluding hydrogens is 492 g/mol. The Morgan fingerprint density at radius 1 is 0.889 bits per heavy atom. The summed E-state index contributed by atoms with van der Waals surface area (Å²) >= 11 is 7.60. The van der Waals surface area contributed by atoms with Crippen LogP contribution < -0.4 is 5.32 Å². The van der Waals surface area contributed by atoms with Gasteiger partial charge in [-0.25, -0.2) is 0 Å². The zero-order valence-electron chi connectivity index (χ0n) is 19.8. The Morgan fingerprint density at radius 2 is 1.64 bits per heavy atom. The van der Waals surface area contributed by atoms with Gasteiger partial charge in [-0.1, -0.05) is 90.1 Å². The standard InChI is InChI=1S/C28H27ClN4O2S/c29-23-14-9-15-24(18-23)33-26(16-7-8-17-27(35)30-19-21-10-3-1-4-11-21)31-32-28(33)36-20-25(34)22-12-5-2-6-13-22/h1-6,9-15,18H,7-8,16-17,19-20H2,(H,30,35). The van der Waals surface area contributed by atoms with Crippen LogP contribution in [0.25, 0.3) is 5.69 Å². The van der Waals surface area contributed by atoms with E-state index < -0.39 is 0 Å². The highest BCUT2D eigenvalue weighted by molar-refractivity contribution is 7.99. The molecule has 1 aromatic heterocycles. The highest BCUT2D eigenvalue weighted by atomic mass is 35.5. The quantitative estimate of drug-likeness (QED) is 0.143. The van der Waals surface area contributed by atoms with Gasteiger partial charge in [-0.3, -0.25) is 14.2 Å². The van der Waals surface area contributed by atoms with E-state index in [1.54, 1.807) is 0 Å². The lowest BCUT2D eigenvalue weighted by atomic mass is 10.1. The molecule has 8 heteroatoms. The second-order valence-electron chi connectivity index (χ2n) is 8.26. The van der Waals surface area contributed by atoms with Crippen molar-refractivity contribution in [3.8, 4) is 5.69 Å². The molecule has 0 saturated carbocycles. The van der Waals surface area contributed by atoms with Crippen LogP contribution in [-0.4, -0.2) is 32.2 Å². The Labute approximate surface area is 220 Å². The van der Waals surface area contributed by atoms with Gasteiger partial charge in [0.15, 0.2) is 10.9 Å². The summed E-state index contributed by atoms with van der Waals surface area (Å²) in [6.07, 6.45) is 2.62. The average molecular weight is 519 g/mol. The van der Waals surface area contributed by atoms with E-state index in [0.29, 0.717) is 35.1 Å². The molecule has 0 unspecified atom stereocenters. The van der Waals surface area contributed by atoms with Crippen molar-refractivity contribution in [1.29, 1.82) is 0 Å². The van der Waals surface area contributed by atoms with Gasteiger partial charge in [0.2, 0.25) is 5.91 Å². The molecule has 0 fully saturated rings. The predicted molar refractivity (Wildman–Crippen MR) is 144 cm³/mol. The van der Waals surface area contributed by atoms with E-state index in [9.17, 15) is 9.59 Å². The molecule has 4 rings (SSSR count). The summed E-state index contributed by atoms with van der Waals surface area (Å²) in [4.78, 5) is 24.8. The summed E-state index contributed by atoms with van der Waals surface area (Å²) in [5.41, 5.74) is 2.60. The van der Waals surface area contributed by atoms with Crippen LogP contribution in [-0.2, 0) is 17.8 Å².